The number of benzene rings is 1. The zero-order valence-corrected chi connectivity index (χ0v) is 17.0. The van der Waals surface area contributed by atoms with Gasteiger partial charge in [-0.15, -0.1) is 0 Å². The van der Waals surface area contributed by atoms with Crippen LogP contribution in [0.25, 0.3) is 6.08 Å². The summed E-state index contributed by atoms with van der Waals surface area (Å²) < 4.78 is 0.537. The number of rotatable bonds is 6. The Labute approximate surface area is 172 Å². The first kappa shape index (κ1) is 19.9. The molecule has 2 amide bonds. The molecule has 0 bridgehead atoms. The minimum Gasteiger partial charge on any atom is -0.305 e. The third-order valence-corrected chi connectivity index (χ3v) is 6.11. The molecule has 27 heavy (non-hydrogen) atoms. The van der Waals surface area contributed by atoms with Gasteiger partial charge in [0, 0.05) is 18.7 Å². The number of carbonyl (C=O) groups is 2. The molecule has 8 heteroatoms. The highest BCUT2D eigenvalue weighted by atomic mass is 32.2. The van der Waals surface area contributed by atoms with Crippen molar-refractivity contribution in [3.05, 3.63) is 53.0 Å². The van der Waals surface area contributed by atoms with Crippen LogP contribution in [0.2, 0.25) is 0 Å². The van der Waals surface area contributed by atoms with Crippen molar-refractivity contribution in [2.75, 3.05) is 18.8 Å². The van der Waals surface area contributed by atoms with Crippen molar-refractivity contribution < 1.29 is 9.59 Å². The molecule has 0 saturated carbocycles. The summed E-state index contributed by atoms with van der Waals surface area (Å²) in [5.74, 6) is 0.741. The molecule has 0 atom stereocenters. The number of nitrogens with one attached hydrogen (secondary N) is 1. The summed E-state index contributed by atoms with van der Waals surface area (Å²) in [6.45, 7) is 1.19. The Balaban J connectivity index is 1.48. The minimum absolute atomic E-state index is 0.0741. The predicted molar refractivity (Wildman–Crippen MR) is 118 cm³/mol. The lowest BCUT2D eigenvalue weighted by molar-refractivity contribution is -0.123. The number of hydrogen-bond acceptors (Lipinski definition) is 6. The van der Waals surface area contributed by atoms with Gasteiger partial charge in [0.2, 0.25) is 5.91 Å². The highest BCUT2D eigenvalue weighted by molar-refractivity contribution is 8.26. The average Bonchev–Trinajstić information content (AvgIpc) is 3.26. The Bertz CT molecular complexity index is 819. The molecule has 0 unspecified atom stereocenters. The minimum atomic E-state index is -0.0983. The molecule has 1 aromatic carbocycles. The summed E-state index contributed by atoms with van der Waals surface area (Å²) in [7, 11) is 0. The molecular formula is C19H19N3O2S3. The molecule has 1 N–H and O–H groups in total. The van der Waals surface area contributed by atoms with Crippen LogP contribution in [0.1, 0.15) is 18.4 Å². The van der Waals surface area contributed by atoms with Crippen LogP contribution in [-0.2, 0) is 9.59 Å². The number of thioether (sulfide) groups is 2. The zero-order chi connectivity index (χ0) is 19.1. The standard InChI is InChI=1S/C19H19N3O2S3/c23-16(21-18-20-11-13-26-18)10-5-12-22-17(24)15(27-19(22)25)9-4-8-14-6-2-1-3-7-14/h1-4,6-9H,5,10-13H2,(H,20,21,23)/b8-4+,15-9+. The van der Waals surface area contributed by atoms with Crippen molar-refractivity contribution >= 4 is 63.1 Å². The second-order valence-electron chi connectivity index (χ2n) is 5.81. The first-order valence-corrected chi connectivity index (χ1v) is 10.8. The largest absolute Gasteiger partial charge is 0.305 e. The Morgan fingerprint density at radius 1 is 1.33 bits per heavy atom. The van der Waals surface area contributed by atoms with E-state index in [2.05, 4.69) is 10.3 Å². The van der Waals surface area contributed by atoms with E-state index in [1.807, 2.05) is 42.5 Å². The number of carbonyl (C=O) groups excluding carboxylic acids is 2. The molecule has 0 aromatic heterocycles. The number of thiocarbonyl (C=S) groups is 1. The summed E-state index contributed by atoms with van der Waals surface area (Å²) >= 11 is 8.16. The van der Waals surface area contributed by atoms with Crippen molar-refractivity contribution in [3.63, 3.8) is 0 Å². The summed E-state index contributed by atoms with van der Waals surface area (Å²) in [6, 6.07) is 9.88. The van der Waals surface area contributed by atoms with Gasteiger partial charge in [0.15, 0.2) is 5.17 Å². The topological polar surface area (TPSA) is 61.8 Å². The second kappa shape index (κ2) is 9.87. The van der Waals surface area contributed by atoms with Gasteiger partial charge in [-0.2, -0.15) is 0 Å². The van der Waals surface area contributed by atoms with E-state index in [1.54, 1.807) is 22.7 Å². The van der Waals surface area contributed by atoms with E-state index in [9.17, 15) is 9.59 Å². The van der Waals surface area contributed by atoms with Gasteiger partial charge in [0.1, 0.15) is 4.32 Å². The quantitative estimate of drug-likeness (QED) is 0.567. The summed E-state index contributed by atoms with van der Waals surface area (Å²) in [4.78, 5) is 30.8. The van der Waals surface area contributed by atoms with Crippen molar-refractivity contribution in [1.29, 1.82) is 0 Å². The van der Waals surface area contributed by atoms with Crippen LogP contribution in [0.5, 0.6) is 0 Å². The van der Waals surface area contributed by atoms with E-state index in [4.69, 9.17) is 12.2 Å². The Morgan fingerprint density at radius 3 is 2.89 bits per heavy atom. The Kier molecular flexibility index (Phi) is 7.25. The molecule has 5 nitrogen and oxygen atoms in total. The summed E-state index contributed by atoms with van der Waals surface area (Å²) in [6.07, 6.45) is 6.48. The van der Waals surface area contributed by atoms with Crippen molar-refractivity contribution in [2.45, 2.75) is 12.8 Å². The van der Waals surface area contributed by atoms with Gasteiger partial charge in [-0.25, -0.2) is 0 Å². The van der Waals surface area contributed by atoms with Crippen molar-refractivity contribution in [1.82, 2.24) is 10.2 Å². The number of nitrogens with zero attached hydrogens (tertiary/aromatic N) is 2. The van der Waals surface area contributed by atoms with E-state index >= 15 is 0 Å². The molecule has 0 aliphatic carbocycles. The normalized spacial score (nSPS) is 18.6. The summed E-state index contributed by atoms with van der Waals surface area (Å²) in [5.41, 5.74) is 1.07. The lowest BCUT2D eigenvalue weighted by atomic mass is 10.2. The second-order valence-corrected chi connectivity index (χ2v) is 8.57. The van der Waals surface area contributed by atoms with Crippen LogP contribution in [0, 0.1) is 0 Å². The van der Waals surface area contributed by atoms with Gasteiger partial charge >= 0.3 is 0 Å². The fourth-order valence-corrected chi connectivity index (χ4v) is 4.51. The van der Waals surface area contributed by atoms with E-state index in [0.717, 1.165) is 17.9 Å². The molecule has 1 aromatic rings. The maximum Gasteiger partial charge on any atom is 0.266 e. The molecule has 1 fully saturated rings. The van der Waals surface area contributed by atoms with E-state index in [0.29, 0.717) is 33.8 Å². The fourth-order valence-electron chi connectivity index (χ4n) is 2.51. The molecular weight excluding hydrogens is 398 g/mol. The number of hydrogen-bond donors (Lipinski definition) is 1. The van der Waals surface area contributed by atoms with Crippen LogP contribution < -0.4 is 5.32 Å². The molecule has 3 rings (SSSR count). The molecule has 1 saturated heterocycles. The lowest BCUT2D eigenvalue weighted by Gasteiger charge is -2.13. The first-order valence-electron chi connectivity index (χ1n) is 8.57. The first-order chi connectivity index (χ1) is 13.1. The van der Waals surface area contributed by atoms with Gasteiger partial charge in [-0.1, -0.05) is 78.2 Å². The smallest absolute Gasteiger partial charge is 0.266 e. The van der Waals surface area contributed by atoms with Crippen molar-refractivity contribution in [3.8, 4) is 0 Å². The number of amidine groups is 1. The Hall–Kier alpha value is -1.90. The van der Waals surface area contributed by atoms with Gasteiger partial charge < -0.3 is 5.32 Å². The molecule has 0 spiro atoms. The predicted octanol–water partition coefficient (Wildman–Crippen LogP) is 3.44. The summed E-state index contributed by atoms with van der Waals surface area (Å²) in [5, 5.41) is 3.48. The molecule has 2 heterocycles. The van der Waals surface area contributed by atoms with E-state index < -0.39 is 0 Å². The highest BCUT2D eigenvalue weighted by Gasteiger charge is 2.31. The van der Waals surface area contributed by atoms with E-state index in [-0.39, 0.29) is 11.8 Å². The zero-order valence-electron chi connectivity index (χ0n) is 14.6. The maximum absolute atomic E-state index is 12.5. The third kappa shape index (κ3) is 5.79. The van der Waals surface area contributed by atoms with Crippen LogP contribution in [-0.4, -0.2) is 45.0 Å². The molecule has 140 valence electrons. The molecule has 2 aliphatic rings. The molecule has 2 aliphatic heterocycles. The van der Waals surface area contributed by atoms with Crippen molar-refractivity contribution in [2.24, 2.45) is 4.99 Å². The average molecular weight is 418 g/mol. The Morgan fingerprint density at radius 2 is 2.15 bits per heavy atom. The lowest BCUT2D eigenvalue weighted by Crippen LogP contribution is -2.31. The van der Waals surface area contributed by atoms with Crippen LogP contribution in [0.15, 0.2) is 52.4 Å². The molecule has 0 radical (unpaired) electrons. The maximum atomic E-state index is 12.5. The third-order valence-electron chi connectivity index (χ3n) is 3.83. The SMILES string of the molecule is O=C(CCCN1C(=O)/C(=C\C=C\c2ccccc2)SC1=S)NC1=NCCS1. The highest BCUT2D eigenvalue weighted by Crippen LogP contribution is 2.31. The van der Waals surface area contributed by atoms with E-state index in [1.165, 1.54) is 11.8 Å². The van der Waals surface area contributed by atoms with Gasteiger partial charge in [-0.3, -0.25) is 19.5 Å². The number of amides is 2. The van der Waals surface area contributed by atoms with Crippen LogP contribution in [0.4, 0.5) is 0 Å². The van der Waals surface area contributed by atoms with Gasteiger partial charge in [0.25, 0.3) is 5.91 Å². The number of allylic oxidation sites excluding steroid dienone is 2. The van der Waals surface area contributed by atoms with Gasteiger partial charge in [-0.05, 0) is 18.1 Å². The number of aliphatic imine (C=N–C) groups is 1. The fraction of sp³-hybridized carbons (Fsp3) is 0.263. The van der Waals surface area contributed by atoms with Crippen LogP contribution in [0.3, 0.4) is 0 Å². The van der Waals surface area contributed by atoms with Gasteiger partial charge in [0.05, 0.1) is 11.4 Å². The monoisotopic (exact) mass is 417 g/mol. The van der Waals surface area contributed by atoms with Crippen LogP contribution >= 0.6 is 35.7 Å².